The summed E-state index contributed by atoms with van der Waals surface area (Å²) in [4.78, 5) is 19.4. The lowest BCUT2D eigenvalue weighted by Gasteiger charge is -2.16. The van der Waals surface area contributed by atoms with Crippen LogP contribution in [0.4, 0.5) is 5.69 Å². The van der Waals surface area contributed by atoms with Crippen LogP contribution in [0.5, 0.6) is 11.5 Å². The highest BCUT2D eigenvalue weighted by atomic mass is 35.5. The summed E-state index contributed by atoms with van der Waals surface area (Å²) in [5, 5.41) is 4.62. The second-order valence-electron chi connectivity index (χ2n) is 7.26. The van der Waals surface area contributed by atoms with E-state index in [4.69, 9.17) is 25.9 Å². The Morgan fingerprint density at radius 2 is 1.91 bits per heavy atom. The number of carbonyl (C=O) groups is 1. The Kier molecular flexibility index (Phi) is 6.92. The van der Waals surface area contributed by atoms with Gasteiger partial charge in [-0.25, -0.2) is 0 Å². The van der Waals surface area contributed by atoms with E-state index < -0.39 is 0 Å². The molecule has 1 amide bonds. The average Bonchev–Trinajstić information content (AvgIpc) is 3.26. The first-order chi connectivity index (χ1) is 15.6. The maximum absolute atomic E-state index is 12.5. The van der Waals surface area contributed by atoms with Crippen LogP contribution in [-0.4, -0.2) is 32.4 Å². The molecule has 164 valence electrons. The van der Waals surface area contributed by atoms with Crippen LogP contribution in [0.15, 0.2) is 71.9 Å². The Balaban J connectivity index is 1.31. The molecule has 0 N–H and O–H groups in total. The van der Waals surface area contributed by atoms with Gasteiger partial charge >= 0.3 is 0 Å². The number of benzene rings is 3. The van der Waals surface area contributed by atoms with Crippen molar-refractivity contribution in [3.05, 3.63) is 88.4 Å². The summed E-state index contributed by atoms with van der Waals surface area (Å²) in [6.07, 6.45) is 2.40. The Labute approximate surface area is 192 Å². The van der Waals surface area contributed by atoms with Crippen LogP contribution in [0.25, 0.3) is 0 Å². The highest BCUT2D eigenvalue weighted by Crippen LogP contribution is 2.29. The Bertz CT molecular complexity index is 1120. The Morgan fingerprint density at radius 1 is 1.09 bits per heavy atom. The molecule has 7 heteroatoms. The highest BCUT2D eigenvalue weighted by molar-refractivity contribution is 6.30. The first kappa shape index (κ1) is 21.7. The lowest BCUT2D eigenvalue weighted by molar-refractivity contribution is -0.122. The van der Waals surface area contributed by atoms with E-state index in [1.807, 2.05) is 60.7 Å². The van der Waals surface area contributed by atoms with Crippen molar-refractivity contribution in [2.75, 3.05) is 25.2 Å². The number of carbonyl (C=O) groups excluding carboxylic acids is 1. The van der Waals surface area contributed by atoms with Crippen molar-refractivity contribution in [1.29, 1.82) is 0 Å². The zero-order valence-electron chi connectivity index (χ0n) is 17.7. The van der Waals surface area contributed by atoms with Crippen LogP contribution in [0.1, 0.15) is 16.7 Å². The van der Waals surface area contributed by atoms with Gasteiger partial charge in [0, 0.05) is 22.8 Å². The first-order valence-electron chi connectivity index (χ1n) is 10.2. The molecular formula is C25H23ClN2O4. The Morgan fingerprint density at radius 3 is 2.72 bits per heavy atom. The highest BCUT2D eigenvalue weighted by Gasteiger charge is 2.24. The number of rotatable bonds is 8. The average molecular weight is 451 g/mol. The molecule has 0 fully saturated rings. The van der Waals surface area contributed by atoms with E-state index in [9.17, 15) is 4.79 Å². The molecule has 4 rings (SSSR count). The number of ether oxygens (including phenoxy) is 2. The molecule has 0 radical (unpaired) electrons. The molecule has 3 aromatic rings. The van der Waals surface area contributed by atoms with E-state index >= 15 is 0 Å². The van der Waals surface area contributed by atoms with Crippen molar-refractivity contribution in [3.8, 4) is 11.5 Å². The van der Waals surface area contributed by atoms with Gasteiger partial charge in [0.15, 0.2) is 18.1 Å². The molecule has 1 aliphatic rings. The molecule has 1 heterocycles. The molecule has 0 saturated carbocycles. The smallest absolute Gasteiger partial charge is 0.267 e. The SMILES string of the molecule is COc1cc(/C=N\OCC(=O)N2CCc3ccccc32)ccc1OCc1ccc(Cl)cc1. The predicted molar refractivity (Wildman–Crippen MR) is 125 cm³/mol. The number of fused-ring (bicyclic) bond motifs is 1. The predicted octanol–water partition coefficient (Wildman–Crippen LogP) is 4.87. The fourth-order valence-electron chi connectivity index (χ4n) is 3.49. The largest absolute Gasteiger partial charge is 0.493 e. The molecule has 0 aromatic heterocycles. The summed E-state index contributed by atoms with van der Waals surface area (Å²) < 4.78 is 11.3. The summed E-state index contributed by atoms with van der Waals surface area (Å²) in [5.41, 5.74) is 3.89. The van der Waals surface area contributed by atoms with Gasteiger partial charge in [-0.2, -0.15) is 0 Å². The monoisotopic (exact) mass is 450 g/mol. The number of nitrogens with zero attached hydrogens (tertiary/aromatic N) is 2. The summed E-state index contributed by atoms with van der Waals surface area (Å²) >= 11 is 5.91. The minimum atomic E-state index is -0.121. The van der Waals surface area contributed by atoms with E-state index in [-0.39, 0.29) is 12.5 Å². The van der Waals surface area contributed by atoms with Crippen molar-refractivity contribution < 1.29 is 19.1 Å². The number of halogens is 1. The van der Waals surface area contributed by atoms with E-state index in [0.717, 1.165) is 23.2 Å². The van der Waals surface area contributed by atoms with Gasteiger partial charge in [-0.3, -0.25) is 4.79 Å². The molecule has 0 saturated heterocycles. The molecule has 3 aromatic carbocycles. The zero-order valence-corrected chi connectivity index (χ0v) is 18.4. The third-order valence-electron chi connectivity index (χ3n) is 5.15. The maximum Gasteiger partial charge on any atom is 0.267 e. The third-order valence-corrected chi connectivity index (χ3v) is 5.40. The van der Waals surface area contributed by atoms with Gasteiger partial charge in [-0.05, 0) is 53.9 Å². The minimum Gasteiger partial charge on any atom is -0.493 e. The summed E-state index contributed by atoms with van der Waals surface area (Å²) in [5.74, 6) is 1.08. The van der Waals surface area contributed by atoms with Crippen LogP contribution in [0, 0.1) is 0 Å². The number of anilines is 1. The second kappa shape index (κ2) is 10.2. The second-order valence-corrected chi connectivity index (χ2v) is 7.69. The van der Waals surface area contributed by atoms with Crippen LogP contribution in [0.3, 0.4) is 0 Å². The Hall–Kier alpha value is -3.51. The van der Waals surface area contributed by atoms with E-state index in [1.165, 1.54) is 11.8 Å². The quantitative estimate of drug-likeness (QED) is 0.363. The van der Waals surface area contributed by atoms with Crippen LogP contribution >= 0.6 is 11.6 Å². The molecule has 0 bridgehead atoms. The van der Waals surface area contributed by atoms with E-state index in [1.54, 1.807) is 18.1 Å². The number of methoxy groups -OCH3 is 1. The molecule has 0 atom stereocenters. The third kappa shape index (κ3) is 5.21. The zero-order chi connectivity index (χ0) is 22.3. The maximum atomic E-state index is 12.5. The van der Waals surface area contributed by atoms with Gasteiger partial charge in [0.05, 0.1) is 13.3 Å². The van der Waals surface area contributed by atoms with Gasteiger partial charge in [0.25, 0.3) is 5.91 Å². The fourth-order valence-corrected chi connectivity index (χ4v) is 3.62. The topological polar surface area (TPSA) is 60.4 Å². The van der Waals surface area contributed by atoms with Crippen molar-refractivity contribution in [3.63, 3.8) is 0 Å². The van der Waals surface area contributed by atoms with Crippen LogP contribution in [-0.2, 0) is 22.7 Å². The van der Waals surface area contributed by atoms with Gasteiger partial charge in [-0.15, -0.1) is 0 Å². The summed E-state index contributed by atoms with van der Waals surface area (Å²) in [6.45, 7) is 0.940. The number of hydrogen-bond donors (Lipinski definition) is 0. The van der Waals surface area contributed by atoms with Crippen LogP contribution in [0.2, 0.25) is 5.02 Å². The van der Waals surface area contributed by atoms with Gasteiger partial charge in [-0.1, -0.05) is 47.1 Å². The lowest BCUT2D eigenvalue weighted by atomic mass is 10.2. The number of amides is 1. The van der Waals surface area contributed by atoms with Crippen molar-refractivity contribution in [2.45, 2.75) is 13.0 Å². The van der Waals surface area contributed by atoms with Gasteiger partial charge in [0.1, 0.15) is 6.61 Å². The molecule has 0 unspecified atom stereocenters. The normalized spacial score (nSPS) is 12.6. The number of hydrogen-bond acceptors (Lipinski definition) is 5. The first-order valence-corrected chi connectivity index (χ1v) is 10.6. The summed E-state index contributed by atoms with van der Waals surface area (Å²) in [7, 11) is 1.58. The van der Waals surface area contributed by atoms with Crippen molar-refractivity contribution in [2.24, 2.45) is 5.16 Å². The van der Waals surface area contributed by atoms with Crippen molar-refractivity contribution in [1.82, 2.24) is 0 Å². The molecule has 6 nitrogen and oxygen atoms in total. The standard InChI is InChI=1S/C25H23ClN2O4/c1-30-24-14-19(8-11-23(24)31-16-18-6-9-21(26)10-7-18)15-27-32-17-25(29)28-13-12-20-4-2-3-5-22(20)28/h2-11,14-15H,12-13,16-17H2,1H3/b27-15-. The number of oxime groups is 1. The molecule has 0 aliphatic carbocycles. The summed E-state index contributed by atoms with van der Waals surface area (Å²) in [6, 6.07) is 20.8. The minimum absolute atomic E-state index is 0.115. The molecule has 32 heavy (non-hydrogen) atoms. The lowest BCUT2D eigenvalue weighted by Crippen LogP contribution is -2.31. The van der Waals surface area contributed by atoms with Gasteiger partial charge in [0.2, 0.25) is 0 Å². The van der Waals surface area contributed by atoms with Crippen molar-refractivity contribution >= 4 is 29.4 Å². The number of para-hydroxylation sites is 1. The molecule has 1 aliphatic heterocycles. The fraction of sp³-hybridized carbons (Fsp3) is 0.200. The molecule has 0 spiro atoms. The van der Waals surface area contributed by atoms with E-state index in [0.29, 0.717) is 29.7 Å². The van der Waals surface area contributed by atoms with Crippen LogP contribution < -0.4 is 14.4 Å². The van der Waals surface area contributed by atoms with Gasteiger partial charge < -0.3 is 19.2 Å². The molecular weight excluding hydrogens is 428 g/mol. The van der Waals surface area contributed by atoms with E-state index in [2.05, 4.69) is 5.16 Å².